The number of piperidine rings is 1. The molecule has 0 saturated carbocycles. The summed E-state index contributed by atoms with van der Waals surface area (Å²) in [6, 6.07) is 9.37. The van der Waals surface area contributed by atoms with E-state index in [0.717, 1.165) is 24.3 Å². The van der Waals surface area contributed by atoms with E-state index < -0.39 is 0 Å². The van der Waals surface area contributed by atoms with Crippen LogP contribution in [0.1, 0.15) is 23.2 Å². The van der Waals surface area contributed by atoms with Crippen molar-refractivity contribution >= 4 is 17.2 Å². The fourth-order valence-electron chi connectivity index (χ4n) is 3.81. The molecule has 8 nitrogen and oxygen atoms in total. The first-order chi connectivity index (χ1) is 14.3. The van der Waals surface area contributed by atoms with E-state index in [1.54, 1.807) is 22.2 Å². The van der Waals surface area contributed by atoms with Gasteiger partial charge in [0.1, 0.15) is 13.2 Å². The summed E-state index contributed by atoms with van der Waals surface area (Å²) >= 11 is 1.60. The van der Waals surface area contributed by atoms with Crippen LogP contribution in [-0.4, -0.2) is 57.3 Å². The number of rotatable bonds is 4. The van der Waals surface area contributed by atoms with Crippen molar-refractivity contribution in [1.82, 2.24) is 25.1 Å². The Bertz CT molecular complexity index is 1000. The second kappa shape index (κ2) is 7.82. The summed E-state index contributed by atoms with van der Waals surface area (Å²) in [5, 5.41) is 14.8. The van der Waals surface area contributed by atoms with E-state index in [0.29, 0.717) is 55.1 Å². The molecule has 4 heterocycles. The van der Waals surface area contributed by atoms with Gasteiger partial charge in [0, 0.05) is 18.7 Å². The number of nitrogens with zero attached hydrogens (tertiary/aromatic N) is 5. The number of likely N-dealkylation sites (tertiary alicyclic amines) is 1. The van der Waals surface area contributed by atoms with Crippen LogP contribution in [0, 0.1) is 5.92 Å². The lowest BCUT2D eigenvalue weighted by atomic mass is 9.97. The molecule has 1 saturated heterocycles. The Morgan fingerprint density at radius 1 is 1.21 bits per heavy atom. The second-order valence-electron chi connectivity index (χ2n) is 7.26. The minimum absolute atomic E-state index is 0.0255. The van der Waals surface area contributed by atoms with Gasteiger partial charge in [0.05, 0.1) is 11.4 Å². The van der Waals surface area contributed by atoms with Crippen molar-refractivity contribution in [2.24, 2.45) is 5.92 Å². The predicted molar refractivity (Wildman–Crippen MR) is 107 cm³/mol. The molecule has 1 aromatic carbocycles. The van der Waals surface area contributed by atoms with Gasteiger partial charge in [-0.3, -0.25) is 4.79 Å². The molecule has 0 unspecified atom stereocenters. The summed E-state index contributed by atoms with van der Waals surface area (Å²) in [5.41, 5.74) is 0.633. The molecule has 29 heavy (non-hydrogen) atoms. The number of benzene rings is 1. The van der Waals surface area contributed by atoms with Crippen LogP contribution in [0.5, 0.6) is 11.5 Å². The van der Waals surface area contributed by atoms with Crippen LogP contribution in [-0.2, 0) is 6.54 Å². The Morgan fingerprint density at radius 3 is 2.97 bits per heavy atom. The second-order valence-corrected chi connectivity index (χ2v) is 8.21. The minimum Gasteiger partial charge on any atom is -0.486 e. The Labute approximate surface area is 172 Å². The summed E-state index contributed by atoms with van der Waals surface area (Å²) in [6.45, 7) is 3.15. The summed E-state index contributed by atoms with van der Waals surface area (Å²) in [5.74, 6) is 2.32. The molecule has 0 aliphatic carbocycles. The van der Waals surface area contributed by atoms with Gasteiger partial charge in [-0.1, -0.05) is 6.07 Å². The number of carbonyl (C=O) groups excluding carboxylic acids is 1. The Hall–Kier alpha value is -2.94. The van der Waals surface area contributed by atoms with E-state index in [4.69, 9.17) is 9.47 Å². The average Bonchev–Trinajstić information content (AvgIpc) is 3.45. The van der Waals surface area contributed by atoms with Gasteiger partial charge in [-0.25, -0.2) is 0 Å². The molecule has 150 valence electrons. The Morgan fingerprint density at radius 2 is 2.10 bits per heavy atom. The van der Waals surface area contributed by atoms with Gasteiger partial charge in [-0.15, -0.1) is 21.5 Å². The van der Waals surface area contributed by atoms with Gasteiger partial charge in [-0.05, 0) is 53.6 Å². The van der Waals surface area contributed by atoms with Gasteiger partial charge >= 0.3 is 0 Å². The zero-order chi connectivity index (χ0) is 19.6. The van der Waals surface area contributed by atoms with E-state index in [1.807, 2.05) is 34.5 Å². The molecular formula is C20H21N5O3S. The molecular weight excluding hydrogens is 390 g/mol. The van der Waals surface area contributed by atoms with Gasteiger partial charge in [0.15, 0.2) is 11.5 Å². The highest BCUT2D eigenvalue weighted by atomic mass is 32.1. The smallest absolute Gasteiger partial charge is 0.254 e. The molecule has 1 fully saturated rings. The monoisotopic (exact) mass is 411 g/mol. The predicted octanol–water partition coefficient (Wildman–Crippen LogP) is 2.73. The average molecular weight is 411 g/mol. The maximum atomic E-state index is 13.0. The Balaban J connectivity index is 1.25. The fourth-order valence-corrected chi connectivity index (χ4v) is 4.46. The molecule has 5 rings (SSSR count). The van der Waals surface area contributed by atoms with E-state index in [9.17, 15) is 4.79 Å². The number of hydrogen-bond acceptors (Lipinski definition) is 7. The lowest BCUT2D eigenvalue weighted by Gasteiger charge is -2.32. The first-order valence-electron chi connectivity index (χ1n) is 9.77. The van der Waals surface area contributed by atoms with Crippen LogP contribution in [0.4, 0.5) is 0 Å². The zero-order valence-corrected chi connectivity index (χ0v) is 16.7. The first kappa shape index (κ1) is 18.1. The standard InChI is InChI=1S/C20H21N5O3S/c26-20(15-5-6-16-17(11-15)28-9-8-27-16)24-7-1-3-14(12-24)13-25-22-19(21-23-25)18-4-2-10-29-18/h2,4-6,10-11,14H,1,3,7-9,12-13H2/t14-/m1/s1. The van der Waals surface area contributed by atoms with Gasteiger partial charge < -0.3 is 14.4 Å². The van der Waals surface area contributed by atoms with Crippen molar-refractivity contribution in [1.29, 1.82) is 0 Å². The van der Waals surface area contributed by atoms with E-state index in [-0.39, 0.29) is 5.91 Å². The molecule has 0 radical (unpaired) electrons. The molecule has 9 heteroatoms. The van der Waals surface area contributed by atoms with Crippen molar-refractivity contribution in [3.63, 3.8) is 0 Å². The number of fused-ring (bicyclic) bond motifs is 1. The SMILES string of the molecule is O=C(c1ccc2c(c1)OCCO2)N1CCC[C@@H](Cn2nnc(-c3cccs3)n2)C1. The molecule has 3 aromatic rings. The third kappa shape index (κ3) is 3.82. The lowest BCUT2D eigenvalue weighted by molar-refractivity contribution is 0.0655. The Kier molecular flexibility index (Phi) is 4.89. The van der Waals surface area contributed by atoms with Gasteiger partial charge in [0.2, 0.25) is 5.82 Å². The summed E-state index contributed by atoms with van der Waals surface area (Å²) in [4.78, 5) is 17.6. The topological polar surface area (TPSA) is 82.4 Å². The van der Waals surface area contributed by atoms with Crippen molar-refractivity contribution < 1.29 is 14.3 Å². The normalized spacial score (nSPS) is 18.6. The third-order valence-electron chi connectivity index (χ3n) is 5.21. The molecule has 1 atom stereocenters. The minimum atomic E-state index is 0.0255. The van der Waals surface area contributed by atoms with E-state index >= 15 is 0 Å². The quantitative estimate of drug-likeness (QED) is 0.657. The zero-order valence-electron chi connectivity index (χ0n) is 15.9. The van der Waals surface area contributed by atoms with Crippen LogP contribution in [0.25, 0.3) is 10.7 Å². The molecule has 0 spiro atoms. The number of aromatic nitrogens is 4. The fraction of sp³-hybridized carbons (Fsp3) is 0.400. The number of ether oxygens (including phenoxy) is 2. The number of tetrazole rings is 1. The lowest BCUT2D eigenvalue weighted by Crippen LogP contribution is -2.41. The highest BCUT2D eigenvalue weighted by Crippen LogP contribution is 2.31. The van der Waals surface area contributed by atoms with E-state index in [1.165, 1.54) is 0 Å². The largest absolute Gasteiger partial charge is 0.486 e. The van der Waals surface area contributed by atoms with Crippen molar-refractivity contribution in [3.8, 4) is 22.2 Å². The van der Waals surface area contributed by atoms with Crippen LogP contribution in [0.2, 0.25) is 0 Å². The first-order valence-corrected chi connectivity index (χ1v) is 10.6. The molecule has 2 aliphatic heterocycles. The van der Waals surface area contributed by atoms with Crippen molar-refractivity contribution in [2.45, 2.75) is 19.4 Å². The molecule has 2 aromatic heterocycles. The van der Waals surface area contributed by atoms with Crippen molar-refractivity contribution in [3.05, 3.63) is 41.3 Å². The van der Waals surface area contributed by atoms with Gasteiger partial charge in [-0.2, -0.15) is 4.80 Å². The van der Waals surface area contributed by atoms with Crippen molar-refractivity contribution in [2.75, 3.05) is 26.3 Å². The highest BCUT2D eigenvalue weighted by molar-refractivity contribution is 7.13. The molecule has 0 N–H and O–H groups in total. The number of hydrogen-bond donors (Lipinski definition) is 0. The third-order valence-corrected chi connectivity index (χ3v) is 6.08. The number of carbonyl (C=O) groups is 1. The van der Waals surface area contributed by atoms with Crippen LogP contribution >= 0.6 is 11.3 Å². The van der Waals surface area contributed by atoms with Crippen LogP contribution in [0.15, 0.2) is 35.7 Å². The van der Waals surface area contributed by atoms with Gasteiger partial charge in [0.25, 0.3) is 5.91 Å². The maximum Gasteiger partial charge on any atom is 0.254 e. The number of amides is 1. The molecule has 0 bridgehead atoms. The number of thiophene rings is 1. The highest BCUT2D eigenvalue weighted by Gasteiger charge is 2.26. The van der Waals surface area contributed by atoms with E-state index in [2.05, 4.69) is 15.4 Å². The molecule has 2 aliphatic rings. The van der Waals surface area contributed by atoms with Crippen LogP contribution < -0.4 is 9.47 Å². The maximum absolute atomic E-state index is 13.0. The summed E-state index contributed by atoms with van der Waals surface area (Å²) < 4.78 is 11.2. The summed E-state index contributed by atoms with van der Waals surface area (Å²) in [6.07, 6.45) is 2.01. The molecule has 1 amide bonds. The van der Waals surface area contributed by atoms with Crippen LogP contribution in [0.3, 0.4) is 0 Å². The summed E-state index contributed by atoms with van der Waals surface area (Å²) in [7, 11) is 0.